The first-order valence-electron chi connectivity index (χ1n) is 5.39. The van der Waals surface area contributed by atoms with Gasteiger partial charge in [0.05, 0.1) is 0 Å². The van der Waals surface area contributed by atoms with Crippen molar-refractivity contribution >= 4 is 0 Å². The van der Waals surface area contributed by atoms with Gasteiger partial charge in [-0.1, -0.05) is 27.7 Å². The quantitative estimate of drug-likeness (QED) is 0.768. The van der Waals surface area contributed by atoms with Gasteiger partial charge in [-0.25, -0.2) is 0 Å². The number of hydrogen-bond donors (Lipinski definition) is 1. The Hall–Kier alpha value is -0.250. The molecule has 0 bridgehead atoms. The lowest BCUT2D eigenvalue weighted by Gasteiger charge is -2.30. The molecule has 4 heteroatoms. The maximum absolute atomic E-state index is 12.7. The summed E-state index contributed by atoms with van der Waals surface area (Å²) in [6.45, 7) is 9.13. The Labute approximate surface area is 90.4 Å². The Morgan fingerprint density at radius 3 is 1.87 bits per heavy atom. The summed E-state index contributed by atoms with van der Waals surface area (Å²) in [5, 5.41) is 2.64. The maximum Gasteiger partial charge on any atom is 0.403 e. The van der Waals surface area contributed by atoms with Crippen molar-refractivity contribution in [2.45, 2.75) is 65.7 Å². The predicted molar refractivity (Wildman–Crippen MR) is 56.8 cm³/mol. The molecule has 1 N–H and O–H groups in total. The predicted octanol–water partition coefficient (Wildman–Crippen LogP) is 3.74. The third-order valence-corrected chi connectivity index (χ3v) is 2.31. The normalized spacial score (nSPS) is 17.6. The van der Waals surface area contributed by atoms with E-state index in [-0.39, 0.29) is 17.9 Å². The van der Waals surface area contributed by atoms with Crippen molar-refractivity contribution in [2.24, 2.45) is 5.41 Å². The zero-order valence-corrected chi connectivity index (χ0v) is 10.2. The molecule has 0 heterocycles. The van der Waals surface area contributed by atoms with Gasteiger partial charge in [0.25, 0.3) is 0 Å². The lowest BCUT2D eigenvalue weighted by molar-refractivity contribution is -0.163. The van der Waals surface area contributed by atoms with Crippen LogP contribution >= 0.6 is 0 Å². The van der Waals surface area contributed by atoms with Crippen LogP contribution in [-0.2, 0) is 0 Å². The number of alkyl halides is 3. The first kappa shape index (κ1) is 14.8. The van der Waals surface area contributed by atoms with Gasteiger partial charge in [-0.05, 0) is 25.2 Å². The van der Waals surface area contributed by atoms with Crippen LogP contribution in [0.3, 0.4) is 0 Å². The molecular formula is C11H22F3N. The number of hydrogen-bond acceptors (Lipinski definition) is 1. The van der Waals surface area contributed by atoms with Crippen LogP contribution in [0.25, 0.3) is 0 Å². The fourth-order valence-electron chi connectivity index (χ4n) is 1.34. The van der Waals surface area contributed by atoms with Gasteiger partial charge in [0.2, 0.25) is 0 Å². The van der Waals surface area contributed by atoms with Crippen LogP contribution in [0.15, 0.2) is 0 Å². The van der Waals surface area contributed by atoms with Gasteiger partial charge < -0.3 is 5.32 Å². The molecule has 0 amide bonds. The average molecular weight is 225 g/mol. The molecule has 0 saturated carbocycles. The molecule has 0 saturated heterocycles. The van der Waals surface area contributed by atoms with Crippen LogP contribution in [0.2, 0.25) is 0 Å². The maximum atomic E-state index is 12.7. The van der Waals surface area contributed by atoms with Crippen LogP contribution in [0.4, 0.5) is 13.2 Å². The first-order valence-corrected chi connectivity index (χ1v) is 5.39. The van der Waals surface area contributed by atoms with Crippen LogP contribution in [-0.4, -0.2) is 18.3 Å². The molecule has 0 aromatic rings. The molecule has 92 valence electrons. The second kappa shape index (κ2) is 5.19. The van der Waals surface area contributed by atoms with Crippen molar-refractivity contribution in [1.29, 1.82) is 0 Å². The van der Waals surface area contributed by atoms with Crippen molar-refractivity contribution < 1.29 is 13.2 Å². The van der Waals surface area contributed by atoms with E-state index < -0.39 is 12.2 Å². The van der Waals surface area contributed by atoms with E-state index in [1.54, 1.807) is 6.92 Å². The van der Waals surface area contributed by atoms with Crippen molar-refractivity contribution in [3.05, 3.63) is 0 Å². The lowest BCUT2D eigenvalue weighted by atomic mass is 9.87. The fraction of sp³-hybridized carbons (Fsp3) is 1.00. The van der Waals surface area contributed by atoms with Gasteiger partial charge in [-0.3, -0.25) is 0 Å². The molecular weight excluding hydrogens is 203 g/mol. The molecule has 0 aliphatic heterocycles. The summed E-state index contributed by atoms with van der Waals surface area (Å²) in [7, 11) is 0. The van der Waals surface area contributed by atoms with E-state index >= 15 is 0 Å². The number of nitrogens with one attached hydrogen (secondary N) is 1. The Kier molecular flexibility index (Phi) is 5.10. The Balaban J connectivity index is 4.47. The minimum absolute atomic E-state index is 0.0982. The highest BCUT2D eigenvalue weighted by Gasteiger charge is 2.41. The van der Waals surface area contributed by atoms with E-state index in [4.69, 9.17) is 0 Å². The van der Waals surface area contributed by atoms with Gasteiger partial charge in [0, 0.05) is 6.04 Å². The van der Waals surface area contributed by atoms with E-state index in [9.17, 15) is 13.2 Å². The summed E-state index contributed by atoms with van der Waals surface area (Å²) in [4.78, 5) is 0. The minimum Gasteiger partial charge on any atom is -0.304 e. The summed E-state index contributed by atoms with van der Waals surface area (Å²) < 4.78 is 38.1. The largest absolute Gasteiger partial charge is 0.403 e. The molecule has 1 nitrogen and oxygen atoms in total. The van der Waals surface area contributed by atoms with Crippen molar-refractivity contribution in [2.75, 3.05) is 0 Å². The smallest absolute Gasteiger partial charge is 0.304 e. The summed E-state index contributed by atoms with van der Waals surface area (Å²) in [5.41, 5.74) is -0.319. The molecule has 0 aliphatic rings. The van der Waals surface area contributed by atoms with Crippen LogP contribution in [0.1, 0.15) is 47.5 Å². The fourth-order valence-corrected chi connectivity index (χ4v) is 1.34. The third kappa shape index (κ3) is 6.77. The molecule has 0 aliphatic carbocycles. The molecule has 2 atom stereocenters. The van der Waals surface area contributed by atoms with E-state index in [1.165, 1.54) is 0 Å². The standard InChI is InChI=1S/C11H22F3N/c1-6-8(2)15-9(11(12,13)14)7-10(3,4)5/h8-9,15H,6-7H2,1-5H3. The van der Waals surface area contributed by atoms with Crippen molar-refractivity contribution in [3.8, 4) is 0 Å². The van der Waals surface area contributed by atoms with Gasteiger partial charge in [0.15, 0.2) is 0 Å². The SMILES string of the molecule is CCC(C)NC(CC(C)(C)C)C(F)(F)F. The summed E-state index contributed by atoms with van der Waals surface area (Å²) in [6.07, 6.45) is -3.34. The minimum atomic E-state index is -4.16. The van der Waals surface area contributed by atoms with Gasteiger partial charge in [0.1, 0.15) is 6.04 Å². The number of halogens is 3. The highest BCUT2D eigenvalue weighted by atomic mass is 19.4. The summed E-state index contributed by atoms with van der Waals surface area (Å²) >= 11 is 0. The van der Waals surface area contributed by atoms with Crippen LogP contribution in [0, 0.1) is 5.41 Å². The zero-order chi connectivity index (χ0) is 12.3. The highest BCUT2D eigenvalue weighted by Crippen LogP contribution is 2.30. The van der Waals surface area contributed by atoms with Crippen LogP contribution < -0.4 is 5.32 Å². The second-order valence-electron chi connectivity index (χ2n) is 5.33. The van der Waals surface area contributed by atoms with E-state index in [0.717, 1.165) is 0 Å². The average Bonchev–Trinajstić information content (AvgIpc) is 1.98. The van der Waals surface area contributed by atoms with Crippen molar-refractivity contribution in [3.63, 3.8) is 0 Å². The molecule has 0 rings (SSSR count). The van der Waals surface area contributed by atoms with Crippen molar-refractivity contribution in [1.82, 2.24) is 5.32 Å². The van der Waals surface area contributed by atoms with Gasteiger partial charge >= 0.3 is 6.18 Å². The molecule has 0 spiro atoms. The zero-order valence-electron chi connectivity index (χ0n) is 10.2. The molecule has 0 fully saturated rings. The molecule has 0 radical (unpaired) electrons. The monoisotopic (exact) mass is 225 g/mol. The van der Waals surface area contributed by atoms with E-state index in [2.05, 4.69) is 5.32 Å². The highest BCUT2D eigenvalue weighted by molar-refractivity contribution is 4.82. The molecule has 15 heavy (non-hydrogen) atoms. The Morgan fingerprint density at radius 1 is 1.13 bits per heavy atom. The second-order valence-corrected chi connectivity index (χ2v) is 5.33. The topological polar surface area (TPSA) is 12.0 Å². The Morgan fingerprint density at radius 2 is 1.60 bits per heavy atom. The molecule has 0 aromatic heterocycles. The summed E-state index contributed by atoms with van der Waals surface area (Å²) in [5.74, 6) is 0. The summed E-state index contributed by atoms with van der Waals surface area (Å²) in [6, 6.07) is -1.49. The van der Waals surface area contributed by atoms with E-state index in [0.29, 0.717) is 6.42 Å². The third-order valence-electron chi connectivity index (χ3n) is 2.31. The first-order chi connectivity index (χ1) is 6.56. The Bertz CT molecular complexity index is 181. The van der Waals surface area contributed by atoms with E-state index in [1.807, 2.05) is 27.7 Å². The molecule has 2 unspecified atom stereocenters. The van der Waals surface area contributed by atoms with Crippen LogP contribution in [0.5, 0.6) is 0 Å². The molecule has 0 aromatic carbocycles. The van der Waals surface area contributed by atoms with Gasteiger partial charge in [-0.15, -0.1) is 0 Å². The lowest BCUT2D eigenvalue weighted by Crippen LogP contribution is -2.48. The number of rotatable bonds is 4. The van der Waals surface area contributed by atoms with Gasteiger partial charge in [-0.2, -0.15) is 13.2 Å².